The molecule has 0 radical (unpaired) electrons. The van der Waals surface area contributed by atoms with E-state index in [4.69, 9.17) is 41.8 Å². The van der Waals surface area contributed by atoms with Crippen molar-refractivity contribution in [3.05, 3.63) is 65.7 Å². The highest BCUT2D eigenvalue weighted by molar-refractivity contribution is 6.30. The lowest BCUT2D eigenvalue weighted by Gasteiger charge is -2.10. The average molecular weight is 444 g/mol. The number of hydrogen-bond donors (Lipinski definition) is 0. The van der Waals surface area contributed by atoms with Gasteiger partial charge in [0.05, 0.1) is 13.7 Å². The summed E-state index contributed by atoms with van der Waals surface area (Å²) in [5.41, 5.74) is 2.14. The first kappa shape index (κ1) is 20.4. The zero-order valence-electron chi connectivity index (χ0n) is 16.2. The Balaban J connectivity index is 1.57. The molecule has 1 heterocycles. The molecule has 0 unspecified atom stereocenters. The molecule has 0 saturated carbocycles. The molecule has 3 aromatic carbocycles. The van der Waals surface area contributed by atoms with Crippen molar-refractivity contribution in [2.45, 2.75) is 6.42 Å². The fourth-order valence-electron chi connectivity index (χ4n) is 2.89. The first-order valence-electron chi connectivity index (χ1n) is 9.37. The second-order valence-electron chi connectivity index (χ2n) is 6.46. The van der Waals surface area contributed by atoms with E-state index < -0.39 is 0 Å². The fraction of sp³-hybridized carbons (Fsp3) is 0.174. The number of rotatable bonds is 8. The first-order valence-corrected chi connectivity index (χ1v) is 10.3. The first-order chi connectivity index (χ1) is 14.7. The van der Waals surface area contributed by atoms with Crippen LogP contribution in [0.2, 0.25) is 5.02 Å². The van der Waals surface area contributed by atoms with Gasteiger partial charge in [-0.1, -0.05) is 11.6 Å². The molecule has 0 N–H and O–H groups in total. The number of hydrogen-bond acceptors (Lipinski definition) is 5. The third-order valence-corrected chi connectivity index (χ3v) is 4.87. The van der Waals surface area contributed by atoms with E-state index >= 15 is 0 Å². The van der Waals surface area contributed by atoms with Gasteiger partial charge < -0.3 is 18.6 Å². The van der Waals surface area contributed by atoms with Crippen LogP contribution in [-0.4, -0.2) is 24.6 Å². The van der Waals surface area contributed by atoms with Crippen LogP contribution < -0.4 is 14.2 Å². The van der Waals surface area contributed by atoms with E-state index in [0.29, 0.717) is 52.0 Å². The van der Waals surface area contributed by atoms with Gasteiger partial charge in [-0.3, -0.25) is 0 Å². The van der Waals surface area contributed by atoms with E-state index in [1.807, 2.05) is 30.3 Å². The number of alkyl halides is 1. The van der Waals surface area contributed by atoms with Crippen molar-refractivity contribution < 1.29 is 18.6 Å². The molecule has 5 nitrogen and oxygen atoms in total. The highest BCUT2D eigenvalue weighted by Crippen LogP contribution is 2.34. The number of nitrogens with zero attached hydrogens (tertiary/aromatic N) is 1. The predicted octanol–water partition coefficient (Wildman–Crippen LogP) is 6.96. The summed E-state index contributed by atoms with van der Waals surface area (Å²) in [6.07, 6.45) is 0.762. The molecule has 1 aromatic heterocycles. The minimum absolute atomic E-state index is 0.485. The number of aromatic nitrogens is 1. The van der Waals surface area contributed by atoms with Crippen molar-refractivity contribution in [1.29, 1.82) is 0 Å². The van der Waals surface area contributed by atoms with Crippen molar-refractivity contribution in [2.75, 3.05) is 19.6 Å². The van der Waals surface area contributed by atoms with Gasteiger partial charge in [0.25, 0.3) is 0 Å². The van der Waals surface area contributed by atoms with Crippen LogP contribution in [0.1, 0.15) is 6.42 Å². The van der Waals surface area contributed by atoms with Crippen molar-refractivity contribution in [3.8, 4) is 34.5 Å². The van der Waals surface area contributed by atoms with Crippen LogP contribution in [0.3, 0.4) is 0 Å². The lowest BCUT2D eigenvalue weighted by Crippen LogP contribution is -2.00. The Labute approximate surface area is 184 Å². The molecular formula is C23H19Cl2NO4. The largest absolute Gasteiger partial charge is 0.493 e. The fourth-order valence-corrected chi connectivity index (χ4v) is 3.12. The molecule has 0 bridgehead atoms. The number of benzene rings is 3. The number of oxazole rings is 1. The van der Waals surface area contributed by atoms with Crippen LogP contribution in [0.4, 0.5) is 0 Å². The quantitative estimate of drug-likeness (QED) is 0.217. The molecule has 30 heavy (non-hydrogen) atoms. The van der Waals surface area contributed by atoms with E-state index in [9.17, 15) is 0 Å². The lowest BCUT2D eigenvalue weighted by molar-refractivity contribution is 0.295. The number of fused-ring (bicyclic) bond motifs is 1. The van der Waals surface area contributed by atoms with Crippen molar-refractivity contribution in [2.24, 2.45) is 0 Å². The van der Waals surface area contributed by atoms with Crippen molar-refractivity contribution in [3.63, 3.8) is 0 Å². The van der Waals surface area contributed by atoms with E-state index in [1.165, 1.54) is 0 Å². The Hall–Kier alpha value is -2.89. The monoisotopic (exact) mass is 443 g/mol. The molecule has 0 atom stereocenters. The van der Waals surface area contributed by atoms with E-state index in [1.54, 1.807) is 37.4 Å². The van der Waals surface area contributed by atoms with E-state index in [0.717, 1.165) is 17.5 Å². The Morgan fingerprint density at radius 3 is 2.50 bits per heavy atom. The smallest absolute Gasteiger partial charge is 0.227 e. The van der Waals surface area contributed by atoms with Gasteiger partial charge in [0.15, 0.2) is 17.1 Å². The van der Waals surface area contributed by atoms with Crippen LogP contribution in [-0.2, 0) is 0 Å². The summed E-state index contributed by atoms with van der Waals surface area (Å²) in [6, 6.07) is 18.2. The SMILES string of the molecule is COc1cc(-c2nc3ccc(Oc4ccc(Cl)cc4)cc3o2)ccc1OCCCCl. The van der Waals surface area contributed by atoms with Gasteiger partial charge in [-0.2, -0.15) is 0 Å². The Morgan fingerprint density at radius 1 is 0.933 bits per heavy atom. The Bertz CT molecular complexity index is 1140. The van der Waals surface area contributed by atoms with E-state index in [-0.39, 0.29) is 0 Å². The second kappa shape index (κ2) is 9.28. The summed E-state index contributed by atoms with van der Waals surface area (Å²) >= 11 is 11.6. The molecule has 154 valence electrons. The zero-order chi connectivity index (χ0) is 20.9. The minimum Gasteiger partial charge on any atom is -0.493 e. The second-order valence-corrected chi connectivity index (χ2v) is 7.28. The third kappa shape index (κ3) is 4.64. The summed E-state index contributed by atoms with van der Waals surface area (Å²) in [6.45, 7) is 0.526. The molecule has 0 saturated heterocycles. The van der Waals surface area contributed by atoms with E-state index in [2.05, 4.69) is 4.98 Å². The topological polar surface area (TPSA) is 53.7 Å². The molecule has 0 aliphatic rings. The summed E-state index contributed by atoms with van der Waals surface area (Å²) in [5, 5.41) is 0.656. The molecule has 0 aliphatic carbocycles. The molecule has 7 heteroatoms. The molecule has 4 rings (SSSR count). The van der Waals surface area contributed by atoms with Gasteiger partial charge in [-0.25, -0.2) is 4.98 Å². The highest BCUT2D eigenvalue weighted by Gasteiger charge is 2.13. The Morgan fingerprint density at radius 2 is 1.73 bits per heavy atom. The van der Waals surface area contributed by atoms with Crippen LogP contribution in [0.5, 0.6) is 23.0 Å². The maximum Gasteiger partial charge on any atom is 0.227 e. The zero-order valence-corrected chi connectivity index (χ0v) is 17.7. The van der Waals surface area contributed by atoms with Crippen molar-refractivity contribution in [1.82, 2.24) is 4.98 Å². The molecule has 0 fully saturated rings. The Kier molecular flexibility index (Phi) is 6.31. The average Bonchev–Trinajstić information content (AvgIpc) is 3.19. The van der Waals surface area contributed by atoms with Gasteiger partial charge >= 0.3 is 0 Å². The lowest BCUT2D eigenvalue weighted by atomic mass is 10.2. The molecule has 4 aromatic rings. The maximum absolute atomic E-state index is 5.96. The standard InChI is InChI=1S/C23H19Cl2NO4/c1-27-22-13-15(3-10-20(22)28-12-2-11-24)23-26-19-9-8-18(14-21(19)30-23)29-17-6-4-16(25)5-7-17/h3-10,13-14H,2,11-12H2,1H3. The van der Waals surface area contributed by atoms with Gasteiger partial charge in [0.1, 0.15) is 17.0 Å². The summed E-state index contributed by atoms with van der Waals surface area (Å²) in [5.74, 6) is 3.63. The molecular weight excluding hydrogens is 425 g/mol. The maximum atomic E-state index is 5.96. The van der Waals surface area contributed by atoms with Crippen LogP contribution in [0.15, 0.2) is 65.1 Å². The van der Waals surface area contributed by atoms with Crippen molar-refractivity contribution >= 4 is 34.3 Å². The predicted molar refractivity (Wildman–Crippen MR) is 118 cm³/mol. The van der Waals surface area contributed by atoms with Gasteiger partial charge in [0, 0.05) is 22.5 Å². The highest BCUT2D eigenvalue weighted by atomic mass is 35.5. The molecule has 0 aliphatic heterocycles. The van der Waals surface area contributed by atoms with Crippen LogP contribution >= 0.6 is 23.2 Å². The third-order valence-electron chi connectivity index (χ3n) is 4.36. The molecule has 0 spiro atoms. The van der Waals surface area contributed by atoms with Gasteiger partial charge in [-0.05, 0) is 61.0 Å². The van der Waals surface area contributed by atoms with Gasteiger partial charge in [-0.15, -0.1) is 11.6 Å². The van der Waals surface area contributed by atoms with Gasteiger partial charge in [0.2, 0.25) is 5.89 Å². The number of halogens is 2. The minimum atomic E-state index is 0.485. The normalized spacial score (nSPS) is 10.9. The van der Waals surface area contributed by atoms with Crippen LogP contribution in [0, 0.1) is 0 Å². The number of ether oxygens (including phenoxy) is 3. The van der Waals surface area contributed by atoms with Crippen LogP contribution in [0.25, 0.3) is 22.6 Å². The summed E-state index contributed by atoms with van der Waals surface area (Å²) in [4.78, 5) is 4.57. The summed E-state index contributed by atoms with van der Waals surface area (Å²) in [7, 11) is 1.60. The number of methoxy groups -OCH3 is 1. The molecule has 0 amide bonds. The summed E-state index contributed by atoms with van der Waals surface area (Å²) < 4.78 is 23.0.